The van der Waals surface area contributed by atoms with Crippen LogP contribution in [0.1, 0.15) is 12.8 Å². The summed E-state index contributed by atoms with van der Waals surface area (Å²) in [6, 6.07) is 3.62. The molecule has 7 nitrogen and oxygen atoms in total. The maximum Gasteiger partial charge on any atom is 0.326 e. The molecular formula is C13H14N2O5. The number of aliphatic carboxylic acids is 1. The number of fused-ring (bicyclic) bond motifs is 1. The van der Waals surface area contributed by atoms with E-state index >= 15 is 0 Å². The van der Waals surface area contributed by atoms with Gasteiger partial charge >= 0.3 is 12.0 Å². The van der Waals surface area contributed by atoms with Gasteiger partial charge in [-0.1, -0.05) is 0 Å². The lowest BCUT2D eigenvalue weighted by Gasteiger charge is -2.14. The lowest BCUT2D eigenvalue weighted by Crippen LogP contribution is -2.44. The average Bonchev–Trinajstić information content (AvgIpc) is 3.13. The second-order valence-electron chi connectivity index (χ2n) is 4.82. The third-order valence-corrected chi connectivity index (χ3v) is 3.28. The van der Waals surface area contributed by atoms with Gasteiger partial charge in [-0.15, -0.1) is 0 Å². The highest BCUT2D eigenvalue weighted by atomic mass is 16.7. The molecule has 1 aromatic rings. The van der Waals surface area contributed by atoms with Crippen molar-refractivity contribution in [2.24, 2.45) is 5.92 Å². The first-order valence-electron chi connectivity index (χ1n) is 6.33. The zero-order chi connectivity index (χ0) is 14.1. The molecule has 0 aromatic heterocycles. The summed E-state index contributed by atoms with van der Waals surface area (Å²) in [6.07, 6.45) is 1.67. The smallest absolute Gasteiger partial charge is 0.326 e. The number of amides is 2. The van der Waals surface area contributed by atoms with Crippen molar-refractivity contribution >= 4 is 17.7 Å². The van der Waals surface area contributed by atoms with Gasteiger partial charge in [-0.3, -0.25) is 0 Å². The molecular weight excluding hydrogens is 264 g/mol. The van der Waals surface area contributed by atoms with E-state index in [1.54, 1.807) is 18.2 Å². The summed E-state index contributed by atoms with van der Waals surface area (Å²) in [6.45, 7) is 0.160. The number of nitrogens with one attached hydrogen (secondary N) is 2. The van der Waals surface area contributed by atoms with Crippen LogP contribution in [0.4, 0.5) is 10.5 Å². The van der Waals surface area contributed by atoms with Crippen molar-refractivity contribution in [3.05, 3.63) is 18.2 Å². The van der Waals surface area contributed by atoms with E-state index in [2.05, 4.69) is 10.6 Å². The standard InChI is InChI=1S/C13H14N2O5/c16-12(17)11(7-1-2-7)15-13(18)14-8-3-4-9-10(5-8)20-6-19-9/h3-5,7,11H,1-2,6H2,(H,16,17)(H2,14,15,18). The Morgan fingerprint density at radius 3 is 2.70 bits per heavy atom. The molecule has 1 aliphatic heterocycles. The van der Waals surface area contributed by atoms with Gasteiger partial charge in [-0.05, 0) is 30.9 Å². The van der Waals surface area contributed by atoms with Crippen molar-refractivity contribution in [3.63, 3.8) is 0 Å². The monoisotopic (exact) mass is 278 g/mol. The number of ether oxygens (including phenoxy) is 2. The van der Waals surface area contributed by atoms with Crippen molar-refractivity contribution in [2.75, 3.05) is 12.1 Å². The first-order valence-corrected chi connectivity index (χ1v) is 6.33. The van der Waals surface area contributed by atoms with Crippen molar-refractivity contribution in [3.8, 4) is 11.5 Å². The largest absolute Gasteiger partial charge is 0.480 e. The summed E-state index contributed by atoms with van der Waals surface area (Å²) in [5.74, 6) is 0.209. The Morgan fingerprint density at radius 2 is 2.00 bits per heavy atom. The quantitative estimate of drug-likeness (QED) is 0.773. The zero-order valence-electron chi connectivity index (χ0n) is 10.6. The molecule has 7 heteroatoms. The van der Waals surface area contributed by atoms with Crippen LogP contribution in [0.15, 0.2) is 18.2 Å². The highest BCUT2D eigenvalue weighted by molar-refractivity contribution is 5.92. The van der Waals surface area contributed by atoms with E-state index in [1.807, 2.05) is 0 Å². The van der Waals surface area contributed by atoms with Crippen molar-refractivity contribution in [1.82, 2.24) is 5.32 Å². The first kappa shape index (κ1) is 12.6. The topological polar surface area (TPSA) is 96.9 Å². The highest BCUT2D eigenvalue weighted by Gasteiger charge is 2.37. The van der Waals surface area contributed by atoms with Gasteiger partial charge in [0.25, 0.3) is 0 Å². The molecule has 20 heavy (non-hydrogen) atoms. The second-order valence-corrected chi connectivity index (χ2v) is 4.82. The summed E-state index contributed by atoms with van der Waals surface area (Å²) >= 11 is 0. The number of hydrogen-bond acceptors (Lipinski definition) is 4. The Labute approximate surface area is 114 Å². The van der Waals surface area contributed by atoms with Crippen LogP contribution in [0.2, 0.25) is 0 Å². The van der Waals surface area contributed by atoms with E-state index in [1.165, 1.54) is 0 Å². The van der Waals surface area contributed by atoms with Crippen molar-refractivity contribution < 1.29 is 24.2 Å². The summed E-state index contributed by atoms with van der Waals surface area (Å²) in [7, 11) is 0. The van der Waals surface area contributed by atoms with E-state index in [-0.39, 0.29) is 12.7 Å². The molecule has 1 heterocycles. The molecule has 0 radical (unpaired) electrons. The molecule has 106 valence electrons. The minimum atomic E-state index is -1.01. The lowest BCUT2D eigenvalue weighted by molar-refractivity contribution is -0.139. The predicted octanol–water partition coefficient (Wildman–Crippen LogP) is 1.40. The first-order chi connectivity index (χ1) is 9.63. The maximum absolute atomic E-state index is 11.8. The van der Waals surface area contributed by atoms with Gasteiger partial charge in [0.05, 0.1) is 0 Å². The van der Waals surface area contributed by atoms with Gasteiger partial charge < -0.3 is 25.2 Å². The van der Waals surface area contributed by atoms with E-state index in [9.17, 15) is 9.59 Å². The van der Waals surface area contributed by atoms with Gasteiger partial charge in [-0.2, -0.15) is 0 Å². The third kappa shape index (κ3) is 2.61. The van der Waals surface area contributed by atoms with Gasteiger partial charge in [0.2, 0.25) is 6.79 Å². The number of carbonyl (C=O) groups is 2. The molecule has 0 bridgehead atoms. The number of anilines is 1. The predicted molar refractivity (Wildman–Crippen MR) is 68.9 cm³/mol. The van der Waals surface area contributed by atoms with Crippen LogP contribution in [0.3, 0.4) is 0 Å². The van der Waals surface area contributed by atoms with Crippen LogP contribution in [0.5, 0.6) is 11.5 Å². The number of urea groups is 1. The number of carboxylic acid groups (broad SMARTS) is 1. The van der Waals surface area contributed by atoms with Crippen molar-refractivity contribution in [2.45, 2.75) is 18.9 Å². The van der Waals surface area contributed by atoms with Gasteiger partial charge in [0.1, 0.15) is 6.04 Å². The van der Waals surface area contributed by atoms with E-state index < -0.39 is 18.0 Å². The minimum absolute atomic E-state index is 0.0370. The van der Waals surface area contributed by atoms with E-state index in [0.29, 0.717) is 17.2 Å². The van der Waals surface area contributed by atoms with Crippen LogP contribution >= 0.6 is 0 Å². The number of carboxylic acids is 1. The van der Waals surface area contributed by atoms with Crippen LogP contribution in [-0.4, -0.2) is 29.9 Å². The number of hydrogen-bond donors (Lipinski definition) is 3. The minimum Gasteiger partial charge on any atom is -0.480 e. The highest BCUT2D eigenvalue weighted by Crippen LogP contribution is 2.34. The average molecular weight is 278 g/mol. The van der Waals surface area contributed by atoms with E-state index in [4.69, 9.17) is 14.6 Å². The summed E-state index contributed by atoms with van der Waals surface area (Å²) < 4.78 is 10.4. The fraction of sp³-hybridized carbons (Fsp3) is 0.385. The molecule has 1 saturated carbocycles. The molecule has 2 aliphatic rings. The molecule has 1 aliphatic carbocycles. The number of rotatable bonds is 4. The molecule has 0 saturated heterocycles. The summed E-state index contributed by atoms with van der Waals surface area (Å²) in [4.78, 5) is 22.8. The summed E-state index contributed by atoms with van der Waals surface area (Å²) in [5, 5.41) is 14.1. The fourth-order valence-corrected chi connectivity index (χ4v) is 2.09. The summed E-state index contributed by atoms with van der Waals surface area (Å²) in [5.41, 5.74) is 0.520. The molecule has 2 amide bonds. The Morgan fingerprint density at radius 1 is 1.25 bits per heavy atom. The molecule has 0 spiro atoms. The maximum atomic E-state index is 11.8. The Bertz CT molecular complexity index is 556. The SMILES string of the molecule is O=C(Nc1ccc2c(c1)OCO2)NC(C(=O)O)C1CC1. The van der Waals surface area contributed by atoms with Gasteiger partial charge in [0, 0.05) is 11.8 Å². The number of benzene rings is 1. The lowest BCUT2D eigenvalue weighted by atomic mass is 10.2. The molecule has 1 unspecified atom stereocenters. The number of carbonyl (C=O) groups excluding carboxylic acids is 1. The van der Waals surface area contributed by atoms with Crippen LogP contribution < -0.4 is 20.1 Å². The van der Waals surface area contributed by atoms with Gasteiger partial charge in [-0.25, -0.2) is 9.59 Å². The van der Waals surface area contributed by atoms with Crippen molar-refractivity contribution in [1.29, 1.82) is 0 Å². The molecule has 1 fully saturated rings. The van der Waals surface area contributed by atoms with E-state index in [0.717, 1.165) is 12.8 Å². The molecule has 1 aromatic carbocycles. The molecule has 3 N–H and O–H groups in total. The second kappa shape index (κ2) is 4.92. The Hall–Kier alpha value is -2.44. The van der Waals surface area contributed by atoms with Crippen LogP contribution in [0.25, 0.3) is 0 Å². The molecule has 3 rings (SSSR count). The zero-order valence-corrected chi connectivity index (χ0v) is 10.6. The normalized spacial score (nSPS) is 17.4. The van der Waals surface area contributed by atoms with Gasteiger partial charge in [0.15, 0.2) is 11.5 Å². The van der Waals surface area contributed by atoms with Crippen LogP contribution in [-0.2, 0) is 4.79 Å². The Kier molecular flexibility index (Phi) is 3.09. The fourth-order valence-electron chi connectivity index (χ4n) is 2.09. The molecule has 1 atom stereocenters. The third-order valence-electron chi connectivity index (χ3n) is 3.28. The Balaban J connectivity index is 1.62. The van der Waals surface area contributed by atoms with Crippen LogP contribution in [0, 0.1) is 5.92 Å².